The van der Waals surface area contributed by atoms with Crippen molar-refractivity contribution in [3.05, 3.63) is 70.8 Å². The molecule has 0 aromatic heterocycles. The number of rotatable bonds is 17. The van der Waals surface area contributed by atoms with Crippen LogP contribution in [0.15, 0.2) is 48.5 Å². The van der Waals surface area contributed by atoms with Crippen LogP contribution in [0.2, 0.25) is 0 Å². The van der Waals surface area contributed by atoms with E-state index >= 15 is 0 Å². The Hall–Kier alpha value is -4.20. The summed E-state index contributed by atoms with van der Waals surface area (Å²) in [6, 6.07) is 11.6. The fraction of sp³-hybridized carbons (Fsp3) is 0.654. The fourth-order valence-corrected chi connectivity index (χ4v) is 14.6. The second kappa shape index (κ2) is 21.9. The van der Waals surface area contributed by atoms with Crippen molar-refractivity contribution in [2.75, 3.05) is 38.8 Å². The summed E-state index contributed by atoms with van der Waals surface area (Å²) in [4.78, 5) is 87.0. The number of amides is 6. The zero-order valence-corrected chi connectivity index (χ0v) is 43.6. The largest absolute Gasteiger partial charge is 0.375 e. The molecule has 0 bridgehead atoms. The lowest BCUT2D eigenvalue weighted by molar-refractivity contribution is -0.144. The standard InChI is InChI=1S/C52H74N8O8S2/c1-29(53-7)45(61)55-35-19-23-69-39-27-51(3,4)43(59(39)49(35)65)47(63)57-41-33-17-11-9-15-31(33)25-37(41)67-21-13-14-22-68-38-26-32-16-10-12-18-34(32)42(38)58-48(64)44-52(5,6)28-40-60(44)50(66)36(20-24-70-40)56-46(62)30(2)54-8/h9-12,15-18,29-30,35-44,53-54H,13-14,19-28H2,1-8H3,(H,55,61)(H,56,62)(H,57,63)(H,58,64)/t29?,30?,35-,36-,37+,38+,39-,40-,41-,42-,43+,44+/m0/s1. The third kappa shape index (κ3) is 10.8. The van der Waals surface area contributed by atoms with Gasteiger partial charge in [0.2, 0.25) is 35.4 Å². The molecule has 2 aromatic rings. The maximum absolute atomic E-state index is 14.6. The van der Waals surface area contributed by atoms with E-state index in [1.165, 1.54) is 0 Å². The molecule has 382 valence electrons. The van der Waals surface area contributed by atoms with Crippen molar-refractivity contribution in [2.24, 2.45) is 10.8 Å². The number of likely N-dealkylation sites (N-methyl/N-ethyl adjacent to an activating group) is 2. The molecular formula is C52H74N8O8S2. The highest BCUT2D eigenvalue weighted by atomic mass is 32.2. The summed E-state index contributed by atoms with van der Waals surface area (Å²) in [7, 11) is 3.41. The summed E-state index contributed by atoms with van der Waals surface area (Å²) in [5.74, 6) is 0.0180. The van der Waals surface area contributed by atoms with Gasteiger partial charge in [-0.25, -0.2) is 0 Å². The Labute approximate surface area is 421 Å². The van der Waals surface area contributed by atoms with Crippen LogP contribution in [0.25, 0.3) is 0 Å². The van der Waals surface area contributed by atoms with Crippen LogP contribution < -0.4 is 31.9 Å². The molecule has 4 saturated heterocycles. The van der Waals surface area contributed by atoms with Crippen molar-refractivity contribution in [1.29, 1.82) is 0 Å². The SMILES string of the molecule is CNC(C)C(=O)N[C@H]1CCS[C@H]2CC(C)(C)[C@@H](C(=O)N[C@H]3c4ccccc4C[C@H]3OCCCCO[C@@H]3Cc4ccccc4[C@@H]3NC(=O)[C@H]3N4C(=O)[C@@H](NC(=O)C(C)NC)CCS[C@H]4CC3(C)C)N2C1=O. The first kappa shape index (κ1) is 52.1. The first-order valence-electron chi connectivity index (χ1n) is 25.3. The van der Waals surface area contributed by atoms with Gasteiger partial charge in [-0.1, -0.05) is 76.2 Å². The van der Waals surface area contributed by atoms with Crippen LogP contribution in [-0.2, 0) is 51.1 Å². The number of unbranched alkanes of at least 4 members (excludes halogenated alkanes) is 1. The van der Waals surface area contributed by atoms with Crippen LogP contribution in [0.5, 0.6) is 0 Å². The van der Waals surface area contributed by atoms with Gasteiger partial charge in [0.15, 0.2) is 0 Å². The zero-order valence-electron chi connectivity index (χ0n) is 42.0. The lowest BCUT2D eigenvalue weighted by Gasteiger charge is -2.35. The first-order chi connectivity index (χ1) is 33.4. The summed E-state index contributed by atoms with van der Waals surface area (Å²) < 4.78 is 13.2. The molecule has 8 rings (SSSR count). The van der Waals surface area contributed by atoms with E-state index < -0.39 is 59.2 Å². The predicted molar refractivity (Wildman–Crippen MR) is 271 cm³/mol. The van der Waals surface area contributed by atoms with Crippen LogP contribution in [0.1, 0.15) is 114 Å². The molecule has 16 nitrogen and oxygen atoms in total. The predicted octanol–water partition coefficient (Wildman–Crippen LogP) is 3.73. The summed E-state index contributed by atoms with van der Waals surface area (Å²) in [5, 5.41) is 18.1. The molecule has 0 radical (unpaired) electrons. The summed E-state index contributed by atoms with van der Waals surface area (Å²) >= 11 is 3.35. The molecule has 12 atom stereocenters. The number of thioether (sulfide) groups is 2. The Bertz CT molecular complexity index is 2130. The van der Waals surface area contributed by atoms with Crippen LogP contribution >= 0.6 is 23.5 Å². The van der Waals surface area contributed by atoms with Gasteiger partial charge in [0.05, 0.1) is 47.1 Å². The third-order valence-electron chi connectivity index (χ3n) is 15.5. The Balaban J connectivity index is 0.882. The number of nitrogens with zero attached hydrogens (tertiary/aromatic N) is 2. The molecule has 4 heterocycles. The van der Waals surface area contributed by atoms with Crippen molar-refractivity contribution in [3.8, 4) is 0 Å². The van der Waals surface area contributed by atoms with Gasteiger partial charge in [-0.15, -0.1) is 23.5 Å². The molecule has 2 aromatic carbocycles. The molecule has 4 fully saturated rings. The zero-order chi connectivity index (χ0) is 50.1. The van der Waals surface area contributed by atoms with Gasteiger partial charge < -0.3 is 51.2 Å². The molecule has 4 aliphatic heterocycles. The minimum Gasteiger partial charge on any atom is -0.375 e. The molecule has 70 heavy (non-hydrogen) atoms. The van der Waals surface area contributed by atoms with Gasteiger partial charge >= 0.3 is 0 Å². The van der Waals surface area contributed by atoms with Crippen LogP contribution in [-0.4, -0.2) is 143 Å². The summed E-state index contributed by atoms with van der Waals surface area (Å²) in [6.45, 7) is 12.6. The van der Waals surface area contributed by atoms with Crippen molar-refractivity contribution in [3.63, 3.8) is 0 Å². The Kier molecular flexibility index (Phi) is 16.3. The third-order valence-corrected chi connectivity index (χ3v) is 18.0. The van der Waals surface area contributed by atoms with Crippen molar-refractivity contribution < 1.29 is 38.2 Å². The number of benzene rings is 2. The Morgan fingerprint density at radius 1 is 0.629 bits per heavy atom. The molecule has 2 aliphatic carbocycles. The highest BCUT2D eigenvalue weighted by molar-refractivity contribution is 8.00. The van der Waals surface area contributed by atoms with Crippen LogP contribution in [0.4, 0.5) is 0 Å². The first-order valence-corrected chi connectivity index (χ1v) is 27.4. The average molecular weight is 1000 g/mol. The highest BCUT2D eigenvalue weighted by Gasteiger charge is 2.57. The number of fused-ring (bicyclic) bond motifs is 4. The van der Waals surface area contributed by atoms with E-state index in [9.17, 15) is 28.8 Å². The molecule has 6 amide bonds. The van der Waals surface area contributed by atoms with E-state index in [-0.39, 0.29) is 58.4 Å². The van der Waals surface area contributed by atoms with Crippen LogP contribution in [0, 0.1) is 10.8 Å². The van der Waals surface area contributed by atoms with Gasteiger partial charge in [-0.05, 0) is 111 Å². The summed E-state index contributed by atoms with van der Waals surface area (Å²) in [5.41, 5.74) is 3.23. The number of carbonyl (C=O) groups is 6. The topological polar surface area (TPSA) is 200 Å². The quantitative estimate of drug-likeness (QED) is 0.126. The van der Waals surface area contributed by atoms with Crippen molar-refractivity contribution in [1.82, 2.24) is 41.7 Å². The maximum atomic E-state index is 14.6. The minimum atomic E-state index is -0.728. The molecule has 6 N–H and O–H groups in total. The second-order valence-corrected chi connectivity index (χ2v) is 23.9. The number of hydrogen-bond acceptors (Lipinski definition) is 12. The van der Waals surface area contributed by atoms with E-state index in [0.29, 0.717) is 76.1 Å². The lowest BCUT2D eigenvalue weighted by Crippen LogP contribution is -2.58. The highest BCUT2D eigenvalue weighted by Crippen LogP contribution is 2.48. The van der Waals surface area contributed by atoms with E-state index in [0.717, 1.165) is 22.3 Å². The monoisotopic (exact) mass is 1000 g/mol. The van der Waals surface area contributed by atoms with Crippen molar-refractivity contribution in [2.45, 2.75) is 164 Å². The number of carbonyl (C=O) groups excluding carboxylic acids is 6. The van der Waals surface area contributed by atoms with E-state index in [2.05, 4.69) is 44.0 Å². The summed E-state index contributed by atoms with van der Waals surface area (Å²) in [6.07, 6.45) is 4.38. The second-order valence-electron chi connectivity index (χ2n) is 21.4. The maximum Gasteiger partial charge on any atom is 0.246 e. The van der Waals surface area contributed by atoms with Gasteiger partial charge in [0, 0.05) is 26.1 Å². The molecule has 0 spiro atoms. The Morgan fingerprint density at radius 3 is 1.40 bits per heavy atom. The molecule has 0 saturated carbocycles. The molecule has 6 aliphatic rings. The number of ether oxygens (including phenoxy) is 2. The number of nitrogens with one attached hydrogen (secondary N) is 6. The van der Waals surface area contributed by atoms with Crippen molar-refractivity contribution >= 4 is 59.0 Å². The van der Waals surface area contributed by atoms with E-state index in [1.54, 1.807) is 61.3 Å². The molecule has 2 unspecified atom stereocenters. The fourth-order valence-electron chi connectivity index (χ4n) is 11.5. The van der Waals surface area contributed by atoms with Gasteiger partial charge in [-0.3, -0.25) is 28.8 Å². The van der Waals surface area contributed by atoms with Crippen LogP contribution in [0.3, 0.4) is 0 Å². The number of hydrogen-bond donors (Lipinski definition) is 6. The van der Waals surface area contributed by atoms with E-state index in [4.69, 9.17) is 9.47 Å². The van der Waals surface area contributed by atoms with E-state index in [1.807, 2.05) is 64.1 Å². The molecular weight excluding hydrogens is 929 g/mol. The molecule has 18 heteroatoms. The lowest BCUT2D eigenvalue weighted by atomic mass is 9.83. The average Bonchev–Trinajstić information content (AvgIpc) is 3.97. The Morgan fingerprint density at radius 2 is 1.01 bits per heavy atom. The van der Waals surface area contributed by atoms with Gasteiger partial charge in [-0.2, -0.15) is 0 Å². The smallest absolute Gasteiger partial charge is 0.246 e. The van der Waals surface area contributed by atoms with Gasteiger partial charge in [0.25, 0.3) is 0 Å². The van der Waals surface area contributed by atoms with Gasteiger partial charge in [0.1, 0.15) is 24.2 Å². The normalized spacial score (nSPS) is 30.5. The minimum absolute atomic E-state index is 0.171.